The third-order valence-electron chi connectivity index (χ3n) is 1.21. The number of ether oxygens (including phenoxy) is 1. The predicted molar refractivity (Wildman–Crippen MR) is 42.2 cm³/mol. The van der Waals surface area contributed by atoms with Crippen LogP contribution >= 0.6 is 0 Å². The van der Waals surface area contributed by atoms with Crippen LogP contribution in [-0.4, -0.2) is 22.9 Å². The number of nitrogens with zero attached hydrogens (tertiary/aromatic N) is 2. The van der Waals surface area contributed by atoms with Gasteiger partial charge >= 0.3 is 5.97 Å². The van der Waals surface area contributed by atoms with Crippen molar-refractivity contribution in [3.05, 3.63) is 5.69 Å². The molecule has 0 saturated heterocycles. The molecule has 0 aromatic carbocycles. The van der Waals surface area contributed by atoms with E-state index < -0.39 is 5.97 Å². The van der Waals surface area contributed by atoms with Gasteiger partial charge in [-0.2, -0.15) is 0 Å². The summed E-state index contributed by atoms with van der Waals surface area (Å²) < 4.78 is 8.86. The first-order valence-corrected chi connectivity index (χ1v) is 3.40. The molecule has 13 heavy (non-hydrogen) atoms. The highest BCUT2D eigenvalue weighted by molar-refractivity contribution is 5.73. The summed E-state index contributed by atoms with van der Waals surface area (Å²) in [6.07, 6.45) is 4.80. The Morgan fingerprint density at radius 1 is 1.69 bits per heavy atom. The molecule has 2 N–H and O–H groups in total. The number of esters is 1. The van der Waals surface area contributed by atoms with Gasteiger partial charge in [0.15, 0.2) is 12.4 Å². The Hall–Kier alpha value is -2.03. The topological polar surface area (TPSA) is 91.2 Å². The summed E-state index contributed by atoms with van der Waals surface area (Å²) in [4.78, 5) is 10.9. The van der Waals surface area contributed by atoms with Crippen molar-refractivity contribution in [1.29, 1.82) is 0 Å². The maximum absolute atomic E-state index is 10.9. The summed E-state index contributed by atoms with van der Waals surface area (Å²) in [6, 6.07) is 0. The van der Waals surface area contributed by atoms with Crippen molar-refractivity contribution in [2.24, 2.45) is 0 Å². The van der Waals surface area contributed by atoms with Gasteiger partial charge in [0.05, 0.1) is 6.42 Å². The van der Waals surface area contributed by atoms with Crippen LogP contribution in [0.2, 0.25) is 0 Å². The second kappa shape index (κ2) is 4.11. The molecule has 0 unspecified atom stereocenters. The van der Waals surface area contributed by atoms with Gasteiger partial charge in [-0.1, -0.05) is 11.1 Å². The number of rotatable bonds is 3. The van der Waals surface area contributed by atoms with E-state index in [0.717, 1.165) is 0 Å². The van der Waals surface area contributed by atoms with Crippen molar-refractivity contribution in [2.75, 3.05) is 12.3 Å². The van der Waals surface area contributed by atoms with Gasteiger partial charge in [-0.05, 0) is 5.16 Å². The van der Waals surface area contributed by atoms with Gasteiger partial charge in [0.1, 0.15) is 5.69 Å². The Kier molecular flexibility index (Phi) is 2.87. The molecule has 0 aliphatic carbocycles. The maximum Gasteiger partial charge on any atom is 0.313 e. The Morgan fingerprint density at radius 2 is 2.46 bits per heavy atom. The molecule has 0 aliphatic heterocycles. The monoisotopic (exact) mass is 181 g/mol. The number of aromatic nitrogens is 2. The fourth-order valence-electron chi connectivity index (χ4n) is 0.646. The minimum absolute atomic E-state index is 0.0655. The van der Waals surface area contributed by atoms with Crippen LogP contribution in [0.3, 0.4) is 0 Å². The van der Waals surface area contributed by atoms with E-state index in [1.165, 1.54) is 0 Å². The van der Waals surface area contributed by atoms with Gasteiger partial charge in [-0.15, -0.1) is 6.42 Å². The fraction of sp³-hybridized carbons (Fsp3) is 0.286. The third kappa shape index (κ3) is 2.48. The molecule has 1 rings (SSSR count). The number of hydrogen-bond acceptors (Lipinski definition) is 6. The quantitative estimate of drug-likeness (QED) is 0.493. The summed E-state index contributed by atoms with van der Waals surface area (Å²) >= 11 is 0. The number of hydrogen-bond donors (Lipinski definition) is 1. The van der Waals surface area contributed by atoms with Crippen LogP contribution in [-0.2, 0) is 16.0 Å². The number of nitrogen functional groups attached to an aromatic ring is 1. The summed E-state index contributed by atoms with van der Waals surface area (Å²) in [5, 5.41) is 6.69. The van der Waals surface area contributed by atoms with E-state index in [1.807, 2.05) is 0 Å². The number of terminal acetylenes is 1. The zero-order valence-corrected chi connectivity index (χ0v) is 6.69. The van der Waals surface area contributed by atoms with E-state index >= 15 is 0 Å². The number of anilines is 1. The van der Waals surface area contributed by atoms with Gasteiger partial charge < -0.3 is 10.5 Å². The average Bonchev–Trinajstić information content (AvgIpc) is 2.48. The summed E-state index contributed by atoms with van der Waals surface area (Å²) in [6.45, 7) is -0.0655. The Labute approximate surface area is 74.0 Å². The van der Waals surface area contributed by atoms with Crippen molar-refractivity contribution in [1.82, 2.24) is 10.3 Å². The first-order valence-electron chi connectivity index (χ1n) is 3.40. The van der Waals surface area contributed by atoms with E-state index in [2.05, 4.69) is 25.6 Å². The molecule has 0 fully saturated rings. The Bertz CT molecular complexity index is 339. The normalized spacial score (nSPS) is 9.15. The second-order valence-electron chi connectivity index (χ2n) is 2.14. The molecule has 0 aliphatic rings. The van der Waals surface area contributed by atoms with Gasteiger partial charge in [-0.3, -0.25) is 4.79 Å². The Morgan fingerprint density at radius 3 is 3.00 bits per heavy atom. The van der Waals surface area contributed by atoms with Crippen molar-refractivity contribution in [3.63, 3.8) is 0 Å². The number of carbonyl (C=O) groups is 1. The summed E-state index contributed by atoms with van der Waals surface area (Å²) in [7, 11) is 0. The van der Waals surface area contributed by atoms with Crippen LogP contribution in [0.25, 0.3) is 0 Å². The zero-order chi connectivity index (χ0) is 9.68. The predicted octanol–water partition coefficient (Wildman–Crippen LogP) is -0.629. The van der Waals surface area contributed by atoms with E-state index in [0.29, 0.717) is 0 Å². The van der Waals surface area contributed by atoms with Gasteiger partial charge in [0, 0.05) is 0 Å². The summed E-state index contributed by atoms with van der Waals surface area (Å²) in [5.74, 6) is 1.73. The lowest BCUT2D eigenvalue weighted by atomic mass is 10.3. The average molecular weight is 181 g/mol. The third-order valence-corrected chi connectivity index (χ3v) is 1.21. The highest BCUT2D eigenvalue weighted by Crippen LogP contribution is 2.05. The summed E-state index contributed by atoms with van der Waals surface area (Å²) in [5.41, 5.74) is 5.55. The van der Waals surface area contributed by atoms with Gasteiger partial charge in [0.25, 0.3) is 0 Å². The minimum atomic E-state index is -0.514. The smallest absolute Gasteiger partial charge is 0.313 e. The highest BCUT2D eigenvalue weighted by atomic mass is 16.6. The largest absolute Gasteiger partial charge is 0.452 e. The molecule has 6 nitrogen and oxygen atoms in total. The molecule has 0 atom stereocenters. The number of nitrogens with two attached hydrogens (primary N) is 1. The molecule has 0 amide bonds. The van der Waals surface area contributed by atoms with Gasteiger partial charge in [0.2, 0.25) is 0 Å². The lowest BCUT2D eigenvalue weighted by Crippen LogP contribution is -2.09. The molecule has 6 heteroatoms. The highest BCUT2D eigenvalue weighted by Gasteiger charge is 2.11. The second-order valence-corrected chi connectivity index (χ2v) is 2.14. The van der Waals surface area contributed by atoms with Crippen molar-refractivity contribution < 1.29 is 14.2 Å². The Balaban J connectivity index is 2.46. The molecule has 1 aromatic heterocycles. The van der Waals surface area contributed by atoms with E-state index in [9.17, 15) is 4.79 Å². The van der Waals surface area contributed by atoms with E-state index in [-0.39, 0.29) is 24.5 Å². The number of carbonyl (C=O) groups excluding carboxylic acids is 1. The molecule has 1 heterocycles. The molecule has 1 aromatic rings. The van der Waals surface area contributed by atoms with Crippen LogP contribution in [0.15, 0.2) is 4.63 Å². The molecular weight excluding hydrogens is 174 g/mol. The molecular formula is C7H7N3O3. The van der Waals surface area contributed by atoms with E-state index in [1.54, 1.807) is 0 Å². The SMILES string of the molecule is C#CCOC(=O)Cc1nonc1N. The molecule has 68 valence electrons. The molecule has 0 bridgehead atoms. The van der Waals surface area contributed by atoms with Crippen LogP contribution in [0.5, 0.6) is 0 Å². The van der Waals surface area contributed by atoms with Crippen LogP contribution in [0.4, 0.5) is 5.82 Å². The van der Waals surface area contributed by atoms with Gasteiger partial charge in [-0.25, -0.2) is 4.63 Å². The standard InChI is InChI=1S/C7H7N3O3/c1-2-3-12-6(11)4-5-7(8)10-13-9-5/h1H,3-4H2,(H2,8,10). The molecule has 0 spiro atoms. The van der Waals surface area contributed by atoms with Crippen molar-refractivity contribution in [2.45, 2.75) is 6.42 Å². The van der Waals surface area contributed by atoms with Crippen molar-refractivity contribution >= 4 is 11.8 Å². The first-order chi connectivity index (χ1) is 6.24. The van der Waals surface area contributed by atoms with Crippen LogP contribution in [0.1, 0.15) is 5.69 Å². The molecule has 0 saturated carbocycles. The zero-order valence-electron chi connectivity index (χ0n) is 6.69. The fourth-order valence-corrected chi connectivity index (χ4v) is 0.646. The van der Waals surface area contributed by atoms with Crippen LogP contribution < -0.4 is 5.73 Å². The lowest BCUT2D eigenvalue weighted by Gasteiger charge is -1.96. The lowest BCUT2D eigenvalue weighted by molar-refractivity contribution is -0.141. The van der Waals surface area contributed by atoms with E-state index in [4.69, 9.17) is 12.2 Å². The first kappa shape index (κ1) is 9.06. The molecule has 0 radical (unpaired) electrons. The maximum atomic E-state index is 10.9. The van der Waals surface area contributed by atoms with Crippen molar-refractivity contribution in [3.8, 4) is 12.3 Å². The van der Waals surface area contributed by atoms with Crippen LogP contribution in [0, 0.1) is 12.3 Å². The minimum Gasteiger partial charge on any atom is -0.452 e.